The molecule has 154 valence electrons. The summed E-state index contributed by atoms with van der Waals surface area (Å²) >= 11 is 0. The van der Waals surface area contributed by atoms with Gasteiger partial charge in [0, 0.05) is 24.0 Å². The zero-order valence-corrected chi connectivity index (χ0v) is 16.9. The summed E-state index contributed by atoms with van der Waals surface area (Å²) in [5.74, 6) is 1.68. The summed E-state index contributed by atoms with van der Waals surface area (Å²) in [4.78, 5) is 29.0. The number of rotatable bonds is 8. The van der Waals surface area contributed by atoms with Crippen molar-refractivity contribution in [3.05, 3.63) is 65.0 Å². The van der Waals surface area contributed by atoms with Gasteiger partial charge in [0.15, 0.2) is 11.6 Å². The minimum Gasteiger partial charge on any atom is -0.497 e. The molecule has 0 bridgehead atoms. The third-order valence-electron chi connectivity index (χ3n) is 5.33. The van der Waals surface area contributed by atoms with E-state index in [1.807, 2.05) is 42.5 Å². The van der Waals surface area contributed by atoms with Crippen molar-refractivity contribution in [2.24, 2.45) is 0 Å². The molecule has 0 aliphatic heterocycles. The second-order valence-electron chi connectivity index (χ2n) is 7.37. The lowest BCUT2D eigenvalue weighted by molar-refractivity contribution is -0.121. The van der Waals surface area contributed by atoms with Crippen molar-refractivity contribution in [1.29, 1.82) is 0 Å². The molecule has 0 saturated heterocycles. The van der Waals surface area contributed by atoms with Crippen LogP contribution in [0.3, 0.4) is 0 Å². The van der Waals surface area contributed by atoms with Crippen molar-refractivity contribution < 1.29 is 14.3 Å². The van der Waals surface area contributed by atoms with E-state index in [0.29, 0.717) is 17.2 Å². The Labute approximate surface area is 174 Å². The number of aromatic nitrogens is 3. The summed E-state index contributed by atoms with van der Waals surface area (Å²) in [6.45, 7) is 0.231. The van der Waals surface area contributed by atoms with Gasteiger partial charge in [-0.1, -0.05) is 12.1 Å². The number of H-pyrrole nitrogens is 1. The van der Waals surface area contributed by atoms with Gasteiger partial charge in [-0.05, 0) is 60.7 Å². The molecule has 0 atom stereocenters. The minimum atomic E-state index is -0.188. The SMILES string of the molecule is COc1ccc(-c2n[nH]c(CNC(=O)CCC(=O)c3ccc4c(c3)CCC4)n2)cc1. The molecular weight excluding hydrogens is 380 g/mol. The molecule has 4 rings (SSSR count). The molecule has 0 spiro atoms. The molecule has 1 aliphatic rings. The predicted molar refractivity (Wildman–Crippen MR) is 112 cm³/mol. The lowest BCUT2D eigenvalue weighted by Crippen LogP contribution is -2.23. The molecule has 2 aromatic carbocycles. The van der Waals surface area contributed by atoms with Crippen LogP contribution in [-0.2, 0) is 24.2 Å². The van der Waals surface area contributed by atoms with Gasteiger partial charge in [-0.25, -0.2) is 4.98 Å². The zero-order valence-electron chi connectivity index (χ0n) is 16.9. The number of carbonyl (C=O) groups excluding carboxylic acids is 2. The van der Waals surface area contributed by atoms with Crippen LogP contribution in [0.15, 0.2) is 42.5 Å². The van der Waals surface area contributed by atoms with E-state index in [1.165, 1.54) is 11.1 Å². The van der Waals surface area contributed by atoms with Crippen molar-refractivity contribution in [3.63, 3.8) is 0 Å². The van der Waals surface area contributed by atoms with Crippen LogP contribution >= 0.6 is 0 Å². The number of ketones is 1. The van der Waals surface area contributed by atoms with Crippen molar-refractivity contribution in [2.75, 3.05) is 7.11 Å². The summed E-state index contributed by atoms with van der Waals surface area (Å²) < 4.78 is 5.14. The van der Waals surface area contributed by atoms with Crippen LogP contribution in [0, 0.1) is 0 Å². The van der Waals surface area contributed by atoms with Crippen molar-refractivity contribution in [1.82, 2.24) is 20.5 Å². The topological polar surface area (TPSA) is 97.0 Å². The number of aryl methyl sites for hydroxylation is 2. The van der Waals surface area contributed by atoms with Gasteiger partial charge in [-0.2, -0.15) is 5.10 Å². The first-order chi connectivity index (χ1) is 14.6. The molecule has 0 unspecified atom stereocenters. The number of amides is 1. The number of Topliss-reactive ketones (excluding diaryl/α,β-unsaturated/α-hetero) is 1. The number of methoxy groups -OCH3 is 1. The van der Waals surface area contributed by atoms with Crippen LogP contribution in [0.25, 0.3) is 11.4 Å². The molecule has 7 heteroatoms. The monoisotopic (exact) mass is 404 g/mol. The van der Waals surface area contributed by atoms with Crippen molar-refractivity contribution >= 4 is 11.7 Å². The molecule has 1 amide bonds. The van der Waals surface area contributed by atoms with E-state index in [-0.39, 0.29) is 31.1 Å². The Morgan fingerprint density at radius 3 is 2.67 bits per heavy atom. The average molecular weight is 404 g/mol. The van der Waals surface area contributed by atoms with E-state index in [4.69, 9.17) is 4.74 Å². The van der Waals surface area contributed by atoms with Gasteiger partial charge in [0.25, 0.3) is 0 Å². The fourth-order valence-corrected chi connectivity index (χ4v) is 3.63. The number of ether oxygens (including phenoxy) is 1. The molecule has 1 aromatic heterocycles. The van der Waals surface area contributed by atoms with Gasteiger partial charge in [-0.15, -0.1) is 0 Å². The van der Waals surface area contributed by atoms with Crippen molar-refractivity contribution in [2.45, 2.75) is 38.6 Å². The fourth-order valence-electron chi connectivity index (χ4n) is 3.63. The largest absolute Gasteiger partial charge is 0.497 e. The number of benzene rings is 2. The second kappa shape index (κ2) is 8.90. The Balaban J connectivity index is 1.26. The van der Waals surface area contributed by atoms with Gasteiger partial charge in [0.05, 0.1) is 13.7 Å². The third-order valence-corrected chi connectivity index (χ3v) is 5.33. The van der Waals surface area contributed by atoms with Crippen LogP contribution in [0.2, 0.25) is 0 Å². The molecule has 1 aliphatic carbocycles. The smallest absolute Gasteiger partial charge is 0.220 e. The highest BCUT2D eigenvalue weighted by atomic mass is 16.5. The maximum absolute atomic E-state index is 12.4. The number of aromatic amines is 1. The van der Waals surface area contributed by atoms with E-state index in [9.17, 15) is 9.59 Å². The van der Waals surface area contributed by atoms with Crippen LogP contribution < -0.4 is 10.1 Å². The van der Waals surface area contributed by atoms with E-state index in [2.05, 4.69) is 20.5 Å². The molecule has 0 radical (unpaired) electrons. The Hall–Kier alpha value is -3.48. The highest BCUT2D eigenvalue weighted by Crippen LogP contribution is 2.23. The Morgan fingerprint density at radius 1 is 1.07 bits per heavy atom. The van der Waals surface area contributed by atoms with E-state index in [1.54, 1.807) is 7.11 Å². The zero-order chi connectivity index (χ0) is 20.9. The van der Waals surface area contributed by atoms with Crippen LogP contribution in [0.5, 0.6) is 5.75 Å². The normalized spacial score (nSPS) is 12.4. The van der Waals surface area contributed by atoms with Crippen molar-refractivity contribution in [3.8, 4) is 17.1 Å². The first-order valence-electron chi connectivity index (χ1n) is 10.1. The summed E-state index contributed by atoms with van der Waals surface area (Å²) in [6.07, 6.45) is 3.62. The van der Waals surface area contributed by atoms with E-state index >= 15 is 0 Å². The number of fused-ring (bicyclic) bond motifs is 1. The number of carbonyl (C=O) groups is 2. The highest BCUT2D eigenvalue weighted by molar-refractivity contribution is 5.98. The molecular formula is C23H24N4O3. The van der Waals surface area contributed by atoms with Crippen LogP contribution in [-0.4, -0.2) is 34.0 Å². The summed E-state index contributed by atoms with van der Waals surface area (Å²) in [7, 11) is 1.61. The summed E-state index contributed by atoms with van der Waals surface area (Å²) in [6, 6.07) is 13.3. The van der Waals surface area contributed by atoms with Crippen LogP contribution in [0.1, 0.15) is 46.6 Å². The lowest BCUT2D eigenvalue weighted by Gasteiger charge is -2.05. The average Bonchev–Trinajstić information content (AvgIpc) is 3.45. The fraction of sp³-hybridized carbons (Fsp3) is 0.304. The summed E-state index contributed by atoms with van der Waals surface area (Å²) in [5, 5.41) is 9.79. The maximum Gasteiger partial charge on any atom is 0.220 e. The molecule has 7 nitrogen and oxygen atoms in total. The number of nitrogens with one attached hydrogen (secondary N) is 2. The quantitative estimate of drug-likeness (QED) is 0.562. The molecule has 2 N–H and O–H groups in total. The van der Waals surface area contributed by atoms with Gasteiger partial charge < -0.3 is 10.1 Å². The Morgan fingerprint density at radius 2 is 1.87 bits per heavy atom. The van der Waals surface area contributed by atoms with Gasteiger partial charge in [0.1, 0.15) is 11.6 Å². The number of hydrogen-bond donors (Lipinski definition) is 2. The van der Waals surface area contributed by atoms with Gasteiger partial charge in [-0.3, -0.25) is 14.7 Å². The molecule has 30 heavy (non-hydrogen) atoms. The summed E-state index contributed by atoms with van der Waals surface area (Å²) in [5.41, 5.74) is 4.15. The molecule has 3 aromatic rings. The third kappa shape index (κ3) is 4.56. The standard InChI is InChI=1S/C23H24N4O3/c1-30-19-9-7-16(8-10-19)23-25-21(26-27-23)14-24-22(29)12-11-20(28)18-6-5-15-3-2-4-17(15)13-18/h5-10,13H,2-4,11-12,14H2,1H3,(H,24,29)(H,25,26,27). The maximum atomic E-state index is 12.4. The van der Waals surface area contributed by atoms with Gasteiger partial charge in [0.2, 0.25) is 5.91 Å². The van der Waals surface area contributed by atoms with E-state index in [0.717, 1.165) is 30.6 Å². The number of nitrogens with zero attached hydrogens (tertiary/aromatic N) is 2. The van der Waals surface area contributed by atoms with Gasteiger partial charge >= 0.3 is 0 Å². The number of hydrogen-bond acceptors (Lipinski definition) is 5. The molecule has 0 saturated carbocycles. The first-order valence-corrected chi connectivity index (χ1v) is 10.1. The Kier molecular flexibility index (Phi) is 5.88. The first kappa shape index (κ1) is 19.8. The lowest BCUT2D eigenvalue weighted by atomic mass is 10.0. The van der Waals surface area contributed by atoms with E-state index < -0.39 is 0 Å². The molecule has 0 fully saturated rings. The Bertz CT molecular complexity index is 1060. The second-order valence-corrected chi connectivity index (χ2v) is 7.37. The predicted octanol–water partition coefficient (Wildman–Crippen LogP) is 3.25. The highest BCUT2D eigenvalue weighted by Gasteiger charge is 2.15. The van der Waals surface area contributed by atoms with Crippen LogP contribution in [0.4, 0.5) is 0 Å². The minimum absolute atomic E-state index is 0.00121. The molecule has 1 heterocycles.